The van der Waals surface area contributed by atoms with E-state index >= 15 is 0 Å². The van der Waals surface area contributed by atoms with Crippen LogP contribution in [-0.4, -0.2) is 16.7 Å². The normalized spacial score (nSPS) is 11.5. The van der Waals surface area contributed by atoms with Gasteiger partial charge in [0.15, 0.2) is 4.34 Å². The molecule has 0 aliphatic heterocycles. The topological polar surface area (TPSA) is 59.1 Å². The minimum Gasteiger partial charge on any atom is -0.396 e. The van der Waals surface area contributed by atoms with Crippen molar-refractivity contribution in [1.82, 2.24) is 4.98 Å². The highest BCUT2D eigenvalue weighted by molar-refractivity contribution is 7.98. The minimum absolute atomic E-state index is 0.262. The monoisotopic (exact) mass is 296 g/mol. The molecule has 0 fully saturated rings. The number of hydrogen-bond acceptors (Lipinski definition) is 5. The fourth-order valence-corrected chi connectivity index (χ4v) is 2.58. The summed E-state index contributed by atoms with van der Waals surface area (Å²) in [4.78, 5) is 3.89. The van der Waals surface area contributed by atoms with E-state index in [0.29, 0.717) is 5.92 Å². The molecule has 3 nitrogen and oxygen atoms in total. The van der Waals surface area contributed by atoms with Gasteiger partial charge in [-0.15, -0.1) is 11.3 Å². The molecule has 5 heteroatoms. The van der Waals surface area contributed by atoms with Crippen LogP contribution in [-0.2, 0) is 0 Å². The van der Waals surface area contributed by atoms with Gasteiger partial charge < -0.3 is 5.11 Å². The Morgan fingerprint density at radius 2 is 2.11 bits per heavy atom. The molecule has 0 bridgehead atoms. The lowest BCUT2D eigenvalue weighted by Crippen LogP contribution is -2.02. The number of benzene rings is 1. The van der Waals surface area contributed by atoms with Gasteiger partial charge in [-0.25, -0.2) is 4.98 Å². The quantitative estimate of drug-likeness (QED) is 0.827. The first kappa shape index (κ1) is 16.2. The Balaban J connectivity index is 0.000000218. The number of aliphatic hydroxyl groups is 1. The molecule has 0 spiro atoms. The molecule has 0 aliphatic rings. The fourth-order valence-electron chi connectivity index (χ4n) is 1.71. The van der Waals surface area contributed by atoms with Gasteiger partial charge in [0.25, 0.3) is 0 Å². The molecule has 0 saturated carbocycles. The zero-order valence-corrected chi connectivity index (χ0v) is 12.7. The summed E-state index contributed by atoms with van der Waals surface area (Å²) in [7, 11) is 0. The van der Waals surface area contributed by atoms with Gasteiger partial charge in [-0.3, -0.25) is 5.14 Å². The highest BCUT2D eigenvalue weighted by atomic mass is 32.2. The lowest BCUT2D eigenvalue weighted by molar-refractivity contribution is 0.258. The summed E-state index contributed by atoms with van der Waals surface area (Å²) in [5, 5.41) is 16.2. The molecule has 2 rings (SSSR count). The molecule has 1 heterocycles. The van der Waals surface area contributed by atoms with Gasteiger partial charge in [0.1, 0.15) is 0 Å². The number of aliphatic hydroxyl groups excluding tert-OH is 1. The van der Waals surface area contributed by atoms with E-state index in [9.17, 15) is 0 Å². The van der Waals surface area contributed by atoms with Crippen LogP contribution in [0.3, 0.4) is 0 Å². The van der Waals surface area contributed by atoms with Crippen LogP contribution in [0.1, 0.15) is 31.2 Å². The van der Waals surface area contributed by atoms with E-state index in [4.69, 9.17) is 10.2 Å². The highest BCUT2D eigenvalue weighted by Gasteiger charge is 2.07. The summed E-state index contributed by atoms with van der Waals surface area (Å²) in [6, 6.07) is 10.2. The van der Waals surface area contributed by atoms with Crippen molar-refractivity contribution in [2.45, 2.75) is 30.0 Å². The second-order valence-corrected chi connectivity index (χ2v) is 5.77. The van der Waals surface area contributed by atoms with E-state index in [1.54, 1.807) is 17.5 Å². The van der Waals surface area contributed by atoms with Gasteiger partial charge in [-0.1, -0.05) is 43.7 Å². The Bertz CT molecular complexity index is 420. The largest absolute Gasteiger partial charge is 0.396 e. The Labute approximate surface area is 123 Å². The zero-order valence-electron chi connectivity index (χ0n) is 11.0. The van der Waals surface area contributed by atoms with Gasteiger partial charge >= 0.3 is 0 Å². The number of aromatic nitrogens is 1. The molecule has 1 unspecified atom stereocenters. The Morgan fingerprint density at radius 3 is 2.53 bits per heavy atom. The lowest BCUT2D eigenvalue weighted by atomic mass is 9.96. The van der Waals surface area contributed by atoms with Crippen molar-refractivity contribution in [2.75, 3.05) is 6.61 Å². The summed E-state index contributed by atoms with van der Waals surface area (Å²) in [6.07, 6.45) is 3.93. The molecular weight excluding hydrogens is 276 g/mol. The summed E-state index contributed by atoms with van der Waals surface area (Å²) < 4.78 is 0.917. The van der Waals surface area contributed by atoms with Crippen molar-refractivity contribution in [3.8, 4) is 0 Å². The SMILES string of the molecule is CCCC(CO)c1ccccc1.NSc1nccs1. The van der Waals surface area contributed by atoms with Crippen molar-refractivity contribution in [3.63, 3.8) is 0 Å². The summed E-state index contributed by atoms with van der Waals surface area (Å²) in [6.45, 7) is 2.41. The molecule has 2 aromatic rings. The summed E-state index contributed by atoms with van der Waals surface area (Å²) >= 11 is 2.73. The van der Waals surface area contributed by atoms with Crippen LogP contribution in [0.2, 0.25) is 0 Å². The first-order valence-corrected chi connectivity index (χ1v) is 7.99. The first-order valence-electron chi connectivity index (χ1n) is 6.23. The molecule has 19 heavy (non-hydrogen) atoms. The molecule has 1 aromatic heterocycles. The second-order valence-electron chi connectivity index (χ2n) is 3.99. The zero-order chi connectivity index (χ0) is 13.9. The molecule has 0 amide bonds. The van der Waals surface area contributed by atoms with Crippen LogP contribution in [0.15, 0.2) is 46.2 Å². The molecule has 1 atom stereocenters. The van der Waals surface area contributed by atoms with Crippen molar-refractivity contribution in [3.05, 3.63) is 47.5 Å². The van der Waals surface area contributed by atoms with Crippen LogP contribution < -0.4 is 5.14 Å². The van der Waals surface area contributed by atoms with Gasteiger partial charge in [-0.05, 0) is 23.9 Å². The smallest absolute Gasteiger partial charge is 0.164 e. The molecular formula is C14H20N2OS2. The van der Waals surface area contributed by atoms with Crippen molar-refractivity contribution < 1.29 is 5.11 Å². The maximum atomic E-state index is 9.11. The van der Waals surface area contributed by atoms with Gasteiger partial charge in [0, 0.05) is 24.1 Å². The number of nitrogens with zero attached hydrogens (tertiary/aromatic N) is 1. The standard InChI is InChI=1S/C11H16O.C3H4N2S2/c1-2-6-11(9-12)10-7-4-3-5-8-10;4-7-3-5-1-2-6-3/h3-5,7-8,11-12H,2,6,9H2,1H3;1-2H,4H2. The predicted molar refractivity (Wildman–Crippen MR) is 83.3 cm³/mol. The Morgan fingerprint density at radius 1 is 1.37 bits per heavy atom. The van der Waals surface area contributed by atoms with Gasteiger partial charge in [0.2, 0.25) is 0 Å². The maximum absolute atomic E-state index is 9.11. The number of rotatable bonds is 5. The summed E-state index contributed by atoms with van der Waals surface area (Å²) in [5.74, 6) is 0.330. The number of hydrogen-bond donors (Lipinski definition) is 2. The Hall–Kier alpha value is -0.880. The predicted octanol–water partition coefficient (Wildman–Crippen LogP) is 3.67. The lowest BCUT2D eigenvalue weighted by Gasteiger charge is -2.12. The average Bonchev–Trinajstić information content (AvgIpc) is 3.00. The van der Waals surface area contributed by atoms with E-state index < -0.39 is 0 Å². The van der Waals surface area contributed by atoms with Gasteiger partial charge in [-0.2, -0.15) is 0 Å². The third kappa shape index (κ3) is 6.20. The van der Waals surface area contributed by atoms with E-state index in [-0.39, 0.29) is 6.61 Å². The van der Waals surface area contributed by atoms with E-state index in [0.717, 1.165) is 17.2 Å². The van der Waals surface area contributed by atoms with E-state index in [1.165, 1.54) is 17.5 Å². The second kappa shape index (κ2) is 9.97. The number of nitrogens with two attached hydrogens (primary N) is 1. The third-order valence-corrected chi connectivity index (χ3v) is 4.09. The van der Waals surface area contributed by atoms with Crippen LogP contribution >= 0.6 is 23.3 Å². The molecule has 3 N–H and O–H groups in total. The summed E-state index contributed by atoms with van der Waals surface area (Å²) in [5.41, 5.74) is 1.25. The molecule has 0 saturated heterocycles. The first-order chi connectivity index (χ1) is 9.31. The van der Waals surface area contributed by atoms with Crippen LogP contribution in [0.5, 0.6) is 0 Å². The van der Waals surface area contributed by atoms with Crippen molar-refractivity contribution in [1.29, 1.82) is 0 Å². The third-order valence-electron chi connectivity index (χ3n) is 2.64. The van der Waals surface area contributed by atoms with E-state index in [1.807, 2.05) is 23.6 Å². The number of thiazole rings is 1. The minimum atomic E-state index is 0.262. The van der Waals surface area contributed by atoms with Crippen LogP contribution in [0, 0.1) is 0 Å². The molecule has 0 radical (unpaired) electrons. The van der Waals surface area contributed by atoms with Crippen LogP contribution in [0.4, 0.5) is 0 Å². The average molecular weight is 296 g/mol. The highest BCUT2D eigenvalue weighted by Crippen LogP contribution is 2.19. The van der Waals surface area contributed by atoms with Crippen LogP contribution in [0.25, 0.3) is 0 Å². The molecule has 0 aliphatic carbocycles. The van der Waals surface area contributed by atoms with Crippen molar-refractivity contribution >= 4 is 23.3 Å². The molecule has 1 aromatic carbocycles. The van der Waals surface area contributed by atoms with Gasteiger partial charge in [0.05, 0.1) is 0 Å². The van der Waals surface area contributed by atoms with E-state index in [2.05, 4.69) is 24.0 Å². The molecule has 104 valence electrons. The van der Waals surface area contributed by atoms with Crippen molar-refractivity contribution in [2.24, 2.45) is 5.14 Å². The fraction of sp³-hybridized carbons (Fsp3) is 0.357. The Kier molecular flexibility index (Phi) is 8.49. The maximum Gasteiger partial charge on any atom is 0.164 e.